The Morgan fingerprint density at radius 2 is 1.91 bits per heavy atom. The van der Waals surface area contributed by atoms with Crippen LogP contribution in [0.4, 0.5) is 17.3 Å². The maximum absolute atomic E-state index is 13.9. The first kappa shape index (κ1) is 29.0. The maximum atomic E-state index is 13.9. The quantitative estimate of drug-likeness (QED) is 0.315. The molecule has 2 aliphatic heterocycles. The minimum absolute atomic E-state index is 0.0670. The predicted octanol–water partition coefficient (Wildman–Crippen LogP) is 3.63. The minimum Gasteiger partial charge on any atom is -0.461 e. The molecular weight excluding hydrogens is 572 g/mol. The Balaban J connectivity index is 1.26. The zero-order valence-electron chi connectivity index (χ0n) is 26.0. The van der Waals surface area contributed by atoms with Gasteiger partial charge < -0.3 is 19.2 Å². The molecule has 0 fully saturated rings. The summed E-state index contributed by atoms with van der Waals surface area (Å²) in [5, 5.41) is 7.95. The molecule has 12 heteroatoms. The molecule has 3 aliphatic rings. The molecule has 6 heterocycles. The third kappa shape index (κ3) is 5.33. The highest BCUT2D eigenvalue weighted by atomic mass is 16.5. The molecule has 1 amide bonds. The molecule has 45 heavy (non-hydrogen) atoms. The van der Waals surface area contributed by atoms with Crippen LogP contribution in [0.1, 0.15) is 59.7 Å². The first-order chi connectivity index (χ1) is 21.8. The van der Waals surface area contributed by atoms with Crippen molar-refractivity contribution in [1.82, 2.24) is 28.8 Å². The molecule has 234 valence electrons. The third-order valence-corrected chi connectivity index (χ3v) is 9.21. The van der Waals surface area contributed by atoms with Gasteiger partial charge in [-0.1, -0.05) is 6.92 Å². The van der Waals surface area contributed by atoms with Crippen LogP contribution < -0.4 is 15.8 Å². The van der Waals surface area contributed by atoms with E-state index in [-0.39, 0.29) is 18.1 Å². The standard InChI is InChI=1S/C33H38N8O4/c1-4-38-11-14-41-24(19-38)17-30(36-41)35-27-15-23(18-37(3)32(27)43)25-9-10-34-31(26(25)20-45-21(2)42)40-13-12-39-28-8-6-5-7-22(28)16-29(39)33(40)44/h9-10,15-18H,4-8,11-14,19-20H2,1-3H3,(H,35,36). The molecule has 1 N–H and O–H groups in total. The lowest BCUT2D eigenvalue weighted by Crippen LogP contribution is -2.41. The Bertz CT molecular complexity index is 1870. The van der Waals surface area contributed by atoms with Gasteiger partial charge in [-0.25, -0.2) is 4.98 Å². The van der Waals surface area contributed by atoms with Gasteiger partial charge in [0.05, 0.1) is 12.2 Å². The number of likely N-dealkylation sites (N-methyl/N-ethyl adjacent to an activating group) is 1. The van der Waals surface area contributed by atoms with Gasteiger partial charge in [-0.05, 0) is 61.6 Å². The van der Waals surface area contributed by atoms with E-state index in [4.69, 9.17) is 9.84 Å². The Morgan fingerprint density at radius 3 is 2.73 bits per heavy atom. The van der Waals surface area contributed by atoms with E-state index in [1.807, 2.05) is 22.9 Å². The first-order valence-electron chi connectivity index (χ1n) is 15.7. The first-order valence-corrected chi connectivity index (χ1v) is 15.7. The maximum Gasteiger partial charge on any atom is 0.302 e. The van der Waals surface area contributed by atoms with E-state index >= 15 is 0 Å². The molecule has 4 aromatic heterocycles. The normalized spacial score (nSPS) is 16.2. The fourth-order valence-electron chi connectivity index (χ4n) is 6.88. The van der Waals surface area contributed by atoms with Crippen LogP contribution in [0.3, 0.4) is 0 Å². The van der Waals surface area contributed by atoms with Gasteiger partial charge >= 0.3 is 5.97 Å². The molecule has 0 spiro atoms. The van der Waals surface area contributed by atoms with E-state index in [0.717, 1.165) is 68.7 Å². The van der Waals surface area contributed by atoms with Gasteiger partial charge in [0.25, 0.3) is 11.5 Å². The van der Waals surface area contributed by atoms with Crippen LogP contribution in [0, 0.1) is 0 Å². The Hall–Kier alpha value is -4.71. The van der Waals surface area contributed by atoms with Crippen LogP contribution in [0.5, 0.6) is 0 Å². The molecule has 1 aliphatic carbocycles. The number of aryl methyl sites for hydroxylation is 2. The number of anilines is 3. The van der Waals surface area contributed by atoms with Crippen LogP contribution in [-0.4, -0.2) is 60.3 Å². The van der Waals surface area contributed by atoms with E-state index in [1.165, 1.54) is 22.7 Å². The molecule has 4 aromatic rings. The number of amides is 1. The summed E-state index contributed by atoms with van der Waals surface area (Å²) in [5.74, 6) is 0.514. The van der Waals surface area contributed by atoms with Crippen LogP contribution >= 0.6 is 0 Å². The van der Waals surface area contributed by atoms with Gasteiger partial charge in [0, 0.05) is 75.4 Å². The van der Waals surface area contributed by atoms with E-state index < -0.39 is 5.97 Å². The molecule has 0 saturated carbocycles. The number of carbonyl (C=O) groups excluding carboxylic acids is 2. The summed E-state index contributed by atoms with van der Waals surface area (Å²) < 4.78 is 11.2. The van der Waals surface area contributed by atoms with Gasteiger partial charge in [0.1, 0.15) is 23.8 Å². The number of carbonyl (C=O) groups is 2. The summed E-state index contributed by atoms with van der Waals surface area (Å²) in [6.45, 7) is 8.08. The number of esters is 1. The SMILES string of the molecule is CCN1CCn2nc(Nc3cc(-c4ccnc(N5CCn6c(cc7c6CCCC7)C5=O)c4COC(C)=O)cn(C)c3=O)cc2C1. The van der Waals surface area contributed by atoms with Crippen molar-refractivity contribution in [2.24, 2.45) is 7.05 Å². The molecule has 7 rings (SSSR count). The van der Waals surface area contributed by atoms with E-state index in [9.17, 15) is 14.4 Å². The number of ether oxygens (including phenoxy) is 1. The molecule has 0 radical (unpaired) electrons. The van der Waals surface area contributed by atoms with E-state index in [2.05, 4.69) is 26.7 Å². The second-order valence-corrected chi connectivity index (χ2v) is 12.1. The number of nitrogens with one attached hydrogen (secondary N) is 1. The smallest absolute Gasteiger partial charge is 0.302 e. The number of hydrogen-bond acceptors (Lipinski definition) is 8. The van der Waals surface area contributed by atoms with Gasteiger partial charge in [0.2, 0.25) is 0 Å². The number of fused-ring (bicyclic) bond motifs is 4. The van der Waals surface area contributed by atoms with Gasteiger partial charge in [-0.15, -0.1) is 0 Å². The van der Waals surface area contributed by atoms with Crippen LogP contribution in [0.25, 0.3) is 11.1 Å². The lowest BCUT2D eigenvalue weighted by Gasteiger charge is -2.31. The highest BCUT2D eigenvalue weighted by Crippen LogP contribution is 2.35. The molecule has 0 aromatic carbocycles. The van der Waals surface area contributed by atoms with Crippen LogP contribution in [0.15, 0.2) is 41.5 Å². The minimum atomic E-state index is -0.435. The third-order valence-electron chi connectivity index (χ3n) is 9.21. The molecule has 0 atom stereocenters. The lowest BCUT2D eigenvalue weighted by molar-refractivity contribution is -0.142. The molecule has 0 saturated heterocycles. The highest BCUT2D eigenvalue weighted by molar-refractivity contribution is 6.06. The van der Waals surface area contributed by atoms with Crippen molar-refractivity contribution in [3.05, 3.63) is 75.2 Å². The number of pyridine rings is 2. The number of aromatic nitrogens is 5. The summed E-state index contributed by atoms with van der Waals surface area (Å²) in [6, 6.07) is 7.64. The van der Waals surface area contributed by atoms with Crippen molar-refractivity contribution in [2.45, 2.75) is 65.8 Å². The van der Waals surface area contributed by atoms with Crippen LogP contribution in [0.2, 0.25) is 0 Å². The zero-order valence-corrected chi connectivity index (χ0v) is 26.0. The number of rotatable bonds is 7. The highest BCUT2D eigenvalue weighted by Gasteiger charge is 2.33. The Morgan fingerprint density at radius 1 is 1.07 bits per heavy atom. The second kappa shape index (κ2) is 11.7. The molecule has 12 nitrogen and oxygen atoms in total. The summed E-state index contributed by atoms with van der Waals surface area (Å²) in [7, 11) is 1.70. The van der Waals surface area contributed by atoms with Gasteiger partial charge in [-0.2, -0.15) is 5.10 Å². The topological polar surface area (TPSA) is 120 Å². The lowest BCUT2D eigenvalue weighted by atomic mass is 9.98. The number of hydrogen-bond donors (Lipinski definition) is 1. The number of nitrogens with zero attached hydrogens (tertiary/aromatic N) is 7. The largest absolute Gasteiger partial charge is 0.461 e. The summed E-state index contributed by atoms with van der Waals surface area (Å²) in [5.41, 5.74) is 6.52. The Kier molecular flexibility index (Phi) is 7.52. The monoisotopic (exact) mass is 610 g/mol. The van der Waals surface area contributed by atoms with E-state index in [1.54, 1.807) is 30.4 Å². The summed E-state index contributed by atoms with van der Waals surface area (Å²) >= 11 is 0. The Labute approximate surface area is 261 Å². The average molecular weight is 611 g/mol. The van der Waals surface area contributed by atoms with Gasteiger partial charge in [0.15, 0.2) is 5.82 Å². The summed E-state index contributed by atoms with van der Waals surface area (Å²) in [6.07, 6.45) is 7.68. The van der Waals surface area contributed by atoms with Crippen molar-refractivity contribution in [2.75, 3.05) is 29.9 Å². The zero-order chi connectivity index (χ0) is 31.2. The summed E-state index contributed by atoms with van der Waals surface area (Å²) in [4.78, 5) is 47.9. The molecular formula is C33H38N8O4. The van der Waals surface area contributed by atoms with Crippen molar-refractivity contribution in [3.8, 4) is 11.1 Å². The van der Waals surface area contributed by atoms with Crippen molar-refractivity contribution in [3.63, 3.8) is 0 Å². The fourth-order valence-corrected chi connectivity index (χ4v) is 6.88. The second-order valence-electron chi connectivity index (χ2n) is 12.1. The average Bonchev–Trinajstić information content (AvgIpc) is 3.63. The van der Waals surface area contributed by atoms with Crippen LogP contribution in [-0.2, 0) is 55.7 Å². The fraction of sp³-hybridized carbons (Fsp3) is 0.424. The van der Waals surface area contributed by atoms with Crippen molar-refractivity contribution < 1.29 is 14.3 Å². The van der Waals surface area contributed by atoms with Crippen molar-refractivity contribution in [1.29, 1.82) is 0 Å². The predicted molar refractivity (Wildman–Crippen MR) is 170 cm³/mol. The van der Waals surface area contributed by atoms with Gasteiger partial charge in [-0.3, -0.25) is 28.9 Å². The molecule has 0 unspecified atom stereocenters. The van der Waals surface area contributed by atoms with E-state index in [0.29, 0.717) is 41.7 Å². The molecule has 0 bridgehead atoms. The van der Waals surface area contributed by atoms with Crippen molar-refractivity contribution >= 4 is 29.2 Å².